The topological polar surface area (TPSA) is 40.5 Å². The lowest BCUT2D eigenvalue weighted by Crippen LogP contribution is -2.40. The molecule has 1 aliphatic rings. The van der Waals surface area contributed by atoms with Crippen molar-refractivity contribution in [2.45, 2.75) is 31.1 Å². The van der Waals surface area contributed by atoms with Crippen LogP contribution in [-0.4, -0.2) is 35.6 Å². The number of rotatable bonds is 3. The van der Waals surface area contributed by atoms with E-state index in [4.69, 9.17) is 5.11 Å². The Morgan fingerprint density at radius 2 is 2.32 bits per heavy atom. The molecule has 2 rings (SSSR count). The van der Waals surface area contributed by atoms with E-state index in [0.29, 0.717) is 5.92 Å². The summed E-state index contributed by atoms with van der Waals surface area (Å²) in [4.78, 5) is 15.3. The van der Waals surface area contributed by atoms with Gasteiger partial charge in [0.15, 0.2) is 0 Å². The summed E-state index contributed by atoms with van der Waals surface area (Å²) in [6.07, 6.45) is 2.92. The Hall–Kier alpha value is -1.00. The van der Waals surface area contributed by atoms with Crippen LogP contribution >= 0.6 is 12.6 Å². The highest BCUT2D eigenvalue weighted by Gasteiger charge is 2.24. The number of amides is 1. The first-order valence-electron chi connectivity index (χ1n) is 6.81. The molecule has 1 unspecified atom stereocenters. The molecule has 19 heavy (non-hydrogen) atoms. The zero-order valence-electron chi connectivity index (χ0n) is 11.3. The number of aliphatic hydroxyl groups is 1. The normalized spacial score (nSPS) is 19.5. The van der Waals surface area contributed by atoms with Gasteiger partial charge in [-0.25, -0.2) is 0 Å². The fourth-order valence-corrected chi connectivity index (χ4v) is 2.88. The van der Waals surface area contributed by atoms with E-state index in [0.717, 1.165) is 48.4 Å². The number of piperidine rings is 1. The van der Waals surface area contributed by atoms with E-state index in [9.17, 15) is 4.79 Å². The number of benzene rings is 1. The summed E-state index contributed by atoms with van der Waals surface area (Å²) < 4.78 is 0. The third kappa shape index (κ3) is 3.51. The standard InChI is InChI=1S/C15H21NO2S/c1-11-4-5-13(19)9-14(11)15(18)16-7-2-3-12(10-16)6-8-17/h4-5,9,12,17,19H,2-3,6-8,10H2,1H3. The van der Waals surface area contributed by atoms with Crippen LogP contribution in [0.2, 0.25) is 0 Å². The Morgan fingerprint density at radius 1 is 1.53 bits per heavy atom. The van der Waals surface area contributed by atoms with Crippen molar-refractivity contribution in [3.63, 3.8) is 0 Å². The van der Waals surface area contributed by atoms with Gasteiger partial charge in [0.2, 0.25) is 0 Å². The van der Waals surface area contributed by atoms with Crippen LogP contribution in [0, 0.1) is 12.8 Å². The summed E-state index contributed by atoms with van der Waals surface area (Å²) in [6.45, 7) is 3.74. The number of carbonyl (C=O) groups is 1. The molecule has 1 atom stereocenters. The van der Waals surface area contributed by atoms with Crippen molar-refractivity contribution < 1.29 is 9.90 Å². The van der Waals surface area contributed by atoms with E-state index in [-0.39, 0.29) is 12.5 Å². The zero-order chi connectivity index (χ0) is 13.8. The number of carbonyl (C=O) groups excluding carboxylic acids is 1. The third-order valence-electron chi connectivity index (χ3n) is 3.80. The van der Waals surface area contributed by atoms with Crippen LogP contribution in [0.25, 0.3) is 0 Å². The van der Waals surface area contributed by atoms with Crippen LogP contribution in [0.3, 0.4) is 0 Å². The van der Waals surface area contributed by atoms with E-state index in [2.05, 4.69) is 12.6 Å². The Kier molecular flexibility index (Phi) is 4.88. The Balaban J connectivity index is 2.12. The van der Waals surface area contributed by atoms with Crippen molar-refractivity contribution >= 4 is 18.5 Å². The Bertz CT molecular complexity index is 459. The monoisotopic (exact) mass is 279 g/mol. The molecule has 0 spiro atoms. The van der Waals surface area contributed by atoms with Gasteiger partial charge >= 0.3 is 0 Å². The number of likely N-dealkylation sites (tertiary alicyclic amines) is 1. The molecular weight excluding hydrogens is 258 g/mol. The van der Waals surface area contributed by atoms with Crippen molar-refractivity contribution in [3.8, 4) is 0 Å². The Labute approximate surface area is 120 Å². The third-order valence-corrected chi connectivity index (χ3v) is 4.07. The van der Waals surface area contributed by atoms with Gasteiger partial charge in [0.1, 0.15) is 0 Å². The molecule has 0 bridgehead atoms. The van der Waals surface area contributed by atoms with Crippen molar-refractivity contribution in [3.05, 3.63) is 29.3 Å². The minimum Gasteiger partial charge on any atom is -0.396 e. The van der Waals surface area contributed by atoms with E-state index < -0.39 is 0 Å². The zero-order valence-corrected chi connectivity index (χ0v) is 12.2. The quantitative estimate of drug-likeness (QED) is 0.835. The smallest absolute Gasteiger partial charge is 0.254 e. The lowest BCUT2D eigenvalue weighted by Gasteiger charge is -2.33. The SMILES string of the molecule is Cc1ccc(S)cc1C(=O)N1CCCC(CCO)C1. The van der Waals surface area contributed by atoms with E-state index in [1.54, 1.807) is 0 Å². The molecule has 3 nitrogen and oxygen atoms in total. The van der Waals surface area contributed by atoms with Crippen molar-refractivity contribution in [1.29, 1.82) is 0 Å². The van der Waals surface area contributed by atoms with Gasteiger partial charge < -0.3 is 10.0 Å². The average Bonchev–Trinajstić information content (AvgIpc) is 2.41. The second-order valence-corrected chi connectivity index (χ2v) is 5.79. The number of aryl methyl sites for hydroxylation is 1. The maximum absolute atomic E-state index is 12.6. The Morgan fingerprint density at radius 3 is 3.05 bits per heavy atom. The second-order valence-electron chi connectivity index (χ2n) is 5.27. The van der Waals surface area contributed by atoms with Crippen LogP contribution in [0.4, 0.5) is 0 Å². The van der Waals surface area contributed by atoms with Crippen LogP contribution in [0.1, 0.15) is 35.2 Å². The minimum absolute atomic E-state index is 0.0936. The molecule has 1 saturated heterocycles. The average molecular weight is 279 g/mol. The number of nitrogens with zero attached hydrogens (tertiary/aromatic N) is 1. The fraction of sp³-hybridized carbons (Fsp3) is 0.533. The predicted molar refractivity (Wildman–Crippen MR) is 78.8 cm³/mol. The van der Waals surface area contributed by atoms with Crippen molar-refractivity contribution in [2.24, 2.45) is 5.92 Å². The van der Waals surface area contributed by atoms with Crippen LogP contribution in [0.5, 0.6) is 0 Å². The number of hydrogen-bond acceptors (Lipinski definition) is 3. The molecule has 0 aliphatic carbocycles. The summed E-state index contributed by atoms with van der Waals surface area (Å²) in [7, 11) is 0. The molecule has 1 aromatic rings. The molecular formula is C15H21NO2S. The first kappa shape index (κ1) is 14.4. The van der Waals surface area contributed by atoms with Gasteiger partial charge in [-0.2, -0.15) is 0 Å². The first-order chi connectivity index (χ1) is 9.11. The summed E-state index contributed by atoms with van der Waals surface area (Å²) in [5.74, 6) is 0.526. The molecule has 1 aliphatic heterocycles. The minimum atomic E-state index is 0.0936. The van der Waals surface area contributed by atoms with E-state index >= 15 is 0 Å². The van der Waals surface area contributed by atoms with Crippen LogP contribution < -0.4 is 0 Å². The molecule has 1 fully saturated rings. The van der Waals surface area contributed by atoms with Gasteiger partial charge in [-0.05, 0) is 49.8 Å². The van der Waals surface area contributed by atoms with Crippen LogP contribution in [0.15, 0.2) is 23.1 Å². The second kappa shape index (κ2) is 6.44. The molecule has 0 aromatic heterocycles. The molecule has 1 heterocycles. The highest BCUT2D eigenvalue weighted by Crippen LogP contribution is 2.23. The highest BCUT2D eigenvalue weighted by molar-refractivity contribution is 7.80. The van der Waals surface area contributed by atoms with Gasteiger partial charge in [0.25, 0.3) is 5.91 Å². The van der Waals surface area contributed by atoms with Crippen molar-refractivity contribution in [2.75, 3.05) is 19.7 Å². The van der Waals surface area contributed by atoms with E-state index in [1.165, 1.54) is 0 Å². The van der Waals surface area contributed by atoms with Gasteiger partial charge in [-0.3, -0.25) is 4.79 Å². The lowest BCUT2D eigenvalue weighted by atomic mass is 9.94. The van der Waals surface area contributed by atoms with Gasteiger partial charge in [0, 0.05) is 30.2 Å². The summed E-state index contributed by atoms with van der Waals surface area (Å²) >= 11 is 4.31. The van der Waals surface area contributed by atoms with Crippen molar-refractivity contribution in [1.82, 2.24) is 4.90 Å². The predicted octanol–water partition coefficient (Wildman–Crippen LogP) is 2.52. The molecule has 104 valence electrons. The molecule has 0 radical (unpaired) electrons. The largest absolute Gasteiger partial charge is 0.396 e. The highest BCUT2D eigenvalue weighted by atomic mass is 32.1. The van der Waals surface area contributed by atoms with Crippen LogP contribution in [-0.2, 0) is 0 Å². The molecule has 1 amide bonds. The molecule has 1 aromatic carbocycles. The number of thiol groups is 1. The maximum Gasteiger partial charge on any atom is 0.254 e. The fourth-order valence-electron chi connectivity index (χ4n) is 2.68. The molecule has 4 heteroatoms. The maximum atomic E-state index is 12.6. The van der Waals surface area contributed by atoms with Gasteiger partial charge in [-0.1, -0.05) is 6.07 Å². The van der Waals surface area contributed by atoms with E-state index in [1.807, 2.05) is 30.0 Å². The number of hydrogen-bond donors (Lipinski definition) is 2. The molecule has 1 N–H and O–H groups in total. The van der Waals surface area contributed by atoms with Gasteiger partial charge in [0.05, 0.1) is 0 Å². The molecule has 0 saturated carbocycles. The van der Waals surface area contributed by atoms with Gasteiger partial charge in [-0.15, -0.1) is 12.6 Å². The number of aliphatic hydroxyl groups excluding tert-OH is 1. The summed E-state index contributed by atoms with van der Waals surface area (Å²) in [6, 6.07) is 5.68. The summed E-state index contributed by atoms with van der Waals surface area (Å²) in [5.41, 5.74) is 1.74. The first-order valence-corrected chi connectivity index (χ1v) is 7.26. The lowest BCUT2D eigenvalue weighted by molar-refractivity contribution is 0.0652. The summed E-state index contributed by atoms with van der Waals surface area (Å²) in [5, 5.41) is 9.03.